The molecule has 31 heavy (non-hydrogen) atoms. The summed E-state index contributed by atoms with van der Waals surface area (Å²) in [5.74, 6) is -1.93. The van der Waals surface area contributed by atoms with Crippen LogP contribution in [0, 0.1) is 25.5 Å². The zero-order valence-corrected chi connectivity index (χ0v) is 17.6. The molecule has 0 spiro atoms. The van der Waals surface area contributed by atoms with Gasteiger partial charge in [-0.15, -0.1) is 0 Å². The number of sulfonamides is 1. The van der Waals surface area contributed by atoms with Gasteiger partial charge in [0.1, 0.15) is 17.4 Å². The minimum absolute atomic E-state index is 0.0204. The van der Waals surface area contributed by atoms with Gasteiger partial charge in [0, 0.05) is 6.07 Å². The van der Waals surface area contributed by atoms with Crippen LogP contribution in [-0.2, 0) is 14.8 Å². The molecule has 0 bridgehead atoms. The lowest BCUT2D eigenvalue weighted by atomic mass is 10.1. The molecule has 0 aliphatic heterocycles. The van der Waals surface area contributed by atoms with Crippen molar-refractivity contribution in [2.24, 2.45) is 0 Å². The van der Waals surface area contributed by atoms with Gasteiger partial charge in [-0.1, -0.05) is 12.1 Å². The molecule has 9 heteroatoms. The van der Waals surface area contributed by atoms with Gasteiger partial charge in [0.15, 0.2) is 6.61 Å². The van der Waals surface area contributed by atoms with Crippen LogP contribution in [0.25, 0.3) is 0 Å². The Morgan fingerprint density at radius 2 is 1.65 bits per heavy atom. The van der Waals surface area contributed by atoms with Gasteiger partial charge in [-0.25, -0.2) is 17.2 Å². The van der Waals surface area contributed by atoms with Crippen LogP contribution in [0.15, 0.2) is 65.6 Å². The fraction of sp³-hybridized carbons (Fsp3) is 0.136. The third kappa shape index (κ3) is 5.79. The number of aryl methyl sites for hydroxylation is 2. The van der Waals surface area contributed by atoms with Gasteiger partial charge in [-0.05, 0) is 67.4 Å². The molecule has 0 radical (unpaired) electrons. The van der Waals surface area contributed by atoms with Crippen LogP contribution in [0.4, 0.5) is 20.2 Å². The first-order valence-electron chi connectivity index (χ1n) is 9.22. The van der Waals surface area contributed by atoms with E-state index in [1.807, 2.05) is 19.1 Å². The SMILES string of the molecule is Cc1ccc(C)c(NS(=O)(=O)c2ccc(OCC(=O)Nc3cc(F)ccc3F)cc2)c1. The average molecular weight is 446 g/mol. The first-order chi connectivity index (χ1) is 14.6. The first kappa shape index (κ1) is 22.2. The van der Waals surface area contributed by atoms with Gasteiger partial charge in [-0.2, -0.15) is 0 Å². The Morgan fingerprint density at radius 1 is 0.935 bits per heavy atom. The quantitative estimate of drug-likeness (QED) is 0.564. The van der Waals surface area contributed by atoms with Crippen LogP contribution in [0.1, 0.15) is 11.1 Å². The van der Waals surface area contributed by atoms with Gasteiger partial charge in [-0.3, -0.25) is 9.52 Å². The minimum atomic E-state index is -3.81. The molecule has 0 fully saturated rings. The number of benzene rings is 3. The van der Waals surface area contributed by atoms with Crippen LogP contribution in [0.5, 0.6) is 5.75 Å². The molecule has 0 heterocycles. The summed E-state index contributed by atoms with van der Waals surface area (Å²) in [6.07, 6.45) is 0. The van der Waals surface area contributed by atoms with Gasteiger partial charge in [0.05, 0.1) is 16.3 Å². The van der Waals surface area contributed by atoms with Gasteiger partial charge < -0.3 is 10.1 Å². The van der Waals surface area contributed by atoms with Crippen molar-refractivity contribution < 1.29 is 26.7 Å². The van der Waals surface area contributed by atoms with Crippen LogP contribution < -0.4 is 14.8 Å². The van der Waals surface area contributed by atoms with Crippen LogP contribution in [0.3, 0.4) is 0 Å². The molecular weight excluding hydrogens is 426 g/mol. The highest BCUT2D eigenvalue weighted by Crippen LogP contribution is 2.23. The van der Waals surface area contributed by atoms with E-state index >= 15 is 0 Å². The summed E-state index contributed by atoms with van der Waals surface area (Å²) < 4.78 is 59.8. The molecule has 162 valence electrons. The van der Waals surface area contributed by atoms with E-state index in [2.05, 4.69) is 10.0 Å². The second-order valence-corrected chi connectivity index (χ2v) is 8.54. The third-order valence-corrected chi connectivity index (χ3v) is 5.73. The number of halogens is 2. The average Bonchev–Trinajstić information content (AvgIpc) is 2.72. The van der Waals surface area contributed by atoms with Gasteiger partial charge >= 0.3 is 0 Å². The number of ether oxygens (including phenoxy) is 1. The molecule has 1 amide bonds. The second kappa shape index (κ2) is 9.13. The molecule has 3 aromatic rings. The zero-order chi connectivity index (χ0) is 22.6. The van der Waals surface area contributed by atoms with Crippen molar-refractivity contribution >= 4 is 27.3 Å². The Balaban J connectivity index is 1.62. The summed E-state index contributed by atoms with van der Waals surface area (Å²) in [4.78, 5) is 11.9. The smallest absolute Gasteiger partial charge is 0.262 e. The van der Waals surface area contributed by atoms with Crippen molar-refractivity contribution in [3.8, 4) is 5.75 Å². The molecule has 0 atom stereocenters. The van der Waals surface area contributed by atoms with E-state index in [0.717, 1.165) is 29.3 Å². The van der Waals surface area contributed by atoms with Crippen molar-refractivity contribution in [3.63, 3.8) is 0 Å². The van der Waals surface area contributed by atoms with Crippen molar-refractivity contribution in [2.45, 2.75) is 18.7 Å². The maximum absolute atomic E-state index is 13.6. The highest BCUT2D eigenvalue weighted by molar-refractivity contribution is 7.92. The van der Waals surface area contributed by atoms with Crippen molar-refractivity contribution in [2.75, 3.05) is 16.6 Å². The predicted molar refractivity (Wildman–Crippen MR) is 114 cm³/mol. The first-order valence-corrected chi connectivity index (χ1v) is 10.7. The molecule has 3 aromatic carbocycles. The topological polar surface area (TPSA) is 84.5 Å². The Kier molecular flexibility index (Phi) is 6.55. The molecule has 3 rings (SSSR count). The van der Waals surface area contributed by atoms with Crippen molar-refractivity contribution in [1.29, 1.82) is 0 Å². The number of hydrogen-bond acceptors (Lipinski definition) is 4. The molecule has 0 aromatic heterocycles. The molecule has 0 aliphatic rings. The monoisotopic (exact) mass is 446 g/mol. The number of nitrogens with one attached hydrogen (secondary N) is 2. The summed E-state index contributed by atoms with van der Waals surface area (Å²) in [6.45, 7) is 3.19. The Bertz CT molecular complexity index is 1210. The number of anilines is 2. The molecule has 0 saturated carbocycles. The Labute approximate surface area is 178 Å². The normalized spacial score (nSPS) is 11.1. The fourth-order valence-electron chi connectivity index (χ4n) is 2.69. The second-order valence-electron chi connectivity index (χ2n) is 6.86. The highest BCUT2D eigenvalue weighted by atomic mass is 32.2. The Hall–Kier alpha value is -3.46. The summed E-state index contributed by atoms with van der Waals surface area (Å²) in [7, 11) is -3.81. The lowest BCUT2D eigenvalue weighted by Crippen LogP contribution is -2.21. The van der Waals surface area contributed by atoms with E-state index in [-0.39, 0.29) is 16.3 Å². The number of carbonyl (C=O) groups is 1. The van der Waals surface area contributed by atoms with Crippen molar-refractivity contribution in [1.82, 2.24) is 0 Å². The lowest BCUT2D eigenvalue weighted by molar-refractivity contribution is -0.118. The van der Waals surface area contributed by atoms with Crippen LogP contribution >= 0.6 is 0 Å². The molecular formula is C22H20F2N2O4S. The molecule has 2 N–H and O–H groups in total. The number of hydrogen-bond donors (Lipinski definition) is 2. The minimum Gasteiger partial charge on any atom is -0.484 e. The van der Waals surface area contributed by atoms with E-state index in [4.69, 9.17) is 4.74 Å². The molecule has 0 unspecified atom stereocenters. The van der Waals surface area contributed by atoms with Gasteiger partial charge in [0.2, 0.25) is 0 Å². The van der Waals surface area contributed by atoms with Crippen molar-refractivity contribution in [3.05, 3.63) is 83.4 Å². The number of carbonyl (C=O) groups excluding carboxylic acids is 1. The van der Waals surface area contributed by atoms with E-state index in [9.17, 15) is 22.0 Å². The van der Waals surface area contributed by atoms with E-state index in [1.54, 1.807) is 13.0 Å². The van der Waals surface area contributed by atoms with Crippen LogP contribution in [-0.4, -0.2) is 20.9 Å². The fourth-order valence-corrected chi connectivity index (χ4v) is 3.81. The molecule has 0 aliphatic carbocycles. The van der Waals surface area contributed by atoms with E-state index in [0.29, 0.717) is 5.69 Å². The maximum Gasteiger partial charge on any atom is 0.262 e. The summed E-state index contributed by atoms with van der Waals surface area (Å²) in [5.41, 5.74) is 1.90. The third-order valence-electron chi connectivity index (χ3n) is 4.34. The van der Waals surface area contributed by atoms with Gasteiger partial charge in [0.25, 0.3) is 15.9 Å². The lowest BCUT2D eigenvalue weighted by Gasteiger charge is -2.12. The summed E-state index contributed by atoms with van der Waals surface area (Å²) in [5, 5.41) is 2.21. The number of rotatable bonds is 7. The predicted octanol–water partition coefficient (Wildman–Crippen LogP) is 4.40. The molecule has 6 nitrogen and oxygen atoms in total. The number of amides is 1. The van der Waals surface area contributed by atoms with Crippen LogP contribution in [0.2, 0.25) is 0 Å². The maximum atomic E-state index is 13.6. The van der Waals surface area contributed by atoms with E-state index in [1.165, 1.54) is 24.3 Å². The highest BCUT2D eigenvalue weighted by Gasteiger charge is 2.16. The van der Waals surface area contributed by atoms with E-state index < -0.39 is 34.2 Å². The largest absolute Gasteiger partial charge is 0.484 e. The zero-order valence-electron chi connectivity index (χ0n) is 16.8. The summed E-state index contributed by atoms with van der Waals surface area (Å²) >= 11 is 0. The Morgan fingerprint density at radius 3 is 2.35 bits per heavy atom. The standard InChI is InChI=1S/C22H20F2N2O4S/c1-14-3-4-15(2)20(11-14)26-31(28,29)18-8-6-17(7-9-18)30-13-22(27)25-21-12-16(23)5-10-19(21)24/h3-12,26H,13H2,1-2H3,(H,25,27). The molecule has 0 saturated heterocycles. The summed E-state index contributed by atoms with van der Waals surface area (Å²) in [6, 6.07) is 13.6.